The number of alkyl halides is 3. The van der Waals surface area contributed by atoms with Gasteiger partial charge in [0.2, 0.25) is 0 Å². The molecule has 1 saturated heterocycles. The minimum atomic E-state index is -4.63. The number of hydrogen-bond acceptors (Lipinski definition) is 6. The number of carbonyl (C=O) groups excluding carboxylic acids is 1. The first-order valence-corrected chi connectivity index (χ1v) is 10.3. The molecule has 1 fully saturated rings. The Bertz CT molecular complexity index is 1040. The molecule has 0 saturated carbocycles. The maximum Gasteiger partial charge on any atom is 0.415 e. The molecule has 0 bridgehead atoms. The number of halogens is 4. The topological polar surface area (TPSA) is 89.6 Å². The molecule has 2 aliphatic rings. The lowest BCUT2D eigenvalue weighted by Gasteiger charge is -2.36. The number of fused-ring (bicyclic) bond motifs is 1. The van der Waals surface area contributed by atoms with E-state index in [0.29, 0.717) is 0 Å². The average molecular weight is 454 g/mol. The Morgan fingerprint density at radius 2 is 2.10 bits per heavy atom. The highest BCUT2D eigenvalue weighted by molar-refractivity contribution is 8.13. The normalized spacial score (nSPS) is 25.6. The van der Waals surface area contributed by atoms with E-state index in [9.17, 15) is 22.4 Å². The van der Waals surface area contributed by atoms with Crippen LogP contribution in [0.25, 0.3) is 0 Å². The number of anilines is 1. The van der Waals surface area contributed by atoms with E-state index in [-0.39, 0.29) is 27.9 Å². The summed E-state index contributed by atoms with van der Waals surface area (Å²) in [7, 11) is 0. The fraction of sp³-hybridized carbons (Fsp3) is 0.350. The Morgan fingerprint density at radius 1 is 1.32 bits per heavy atom. The fourth-order valence-corrected chi connectivity index (χ4v) is 4.86. The number of carbonyl (C=O) groups is 1. The molecule has 1 aromatic carbocycles. The SMILES string of the molecule is Cc1ccc(C(=O)Nc2ccc(F)c([C@]34CO[C@H](C(F)(F)F)[C@H]3CSC(N)=N4)c2)nc1. The summed E-state index contributed by atoms with van der Waals surface area (Å²) < 4.78 is 60.5. The van der Waals surface area contributed by atoms with Crippen molar-refractivity contribution < 1.29 is 27.1 Å². The molecular weight excluding hydrogens is 436 g/mol. The number of aliphatic imine (C=N–C) groups is 1. The lowest BCUT2D eigenvalue weighted by atomic mass is 9.78. The summed E-state index contributed by atoms with van der Waals surface area (Å²) in [5.74, 6) is -2.48. The van der Waals surface area contributed by atoms with Crippen LogP contribution in [-0.4, -0.2) is 40.7 Å². The van der Waals surface area contributed by atoms with Crippen molar-refractivity contribution in [3.63, 3.8) is 0 Å². The van der Waals surface area contributed by atoms with Crippen LogP contribution in [0.15, 0.2) is 41.5 Å². The molecule has 164 valence electrons. The van der Waals surface area contributed by atoms with E-state index in [1.807, 2.05) is 6.92 Å². The van der Waals surface area contributed by atoms with Gasteiger partial charge in [-0.3, -0.25) is 9.78 Å². The summed E-state index contributed by atoms with van der Waals surface area (Å²) in [6, 6.07) is 6.92. The number of pyridine rings is 1. The third kappa shape index (κ3) is 3.99. The van der Waals surface area contributed by atoms with Gasteiger partial charge in [0.25, 0.3) is 5.91 Å². The molecule has 3 N–H and O–H groups in total. The first-order valence-electron chi connectivity index (χ1n) is 9.30. The summed E-state index contributed by atoms with van der Waals surface area (Å²) in [4.78, 5) is 20.7. The van der Waals surface area contributed by atoms with Gasteiger partial charge in [0.15, 0.2) is 11.3 Å². The van der Waals surface area contributed by atoms with E-state index >= 15 is 0 Å². The van der Waals surface area contributed by atoms with Gasteiger partial charge in [-0.1, -0.05) is 17.8 Å². The number of aryl methyl sites for hydroxylation is 1. The van der Waals surface area contributed by atoms with E-state index in [2.05, 4.69) is 15.3 Å². The van der Waals surface area contributed by atoms with Gasteiger partial charge in [0.05, 0.1) is 6.61 Å². The Morgan fingerprint density at radius 3 is 2.77 bits per heavy atom. The van der Waals surface area contributed by atoms with Crippen LogP contribution in [0.1, 0.15) is 21.6 Å². The molecule has 0 radical (unpaired) electrons. The maximum absolute atomic E-state index is 14.9. The minimum absolute atomic E-state index is 0.0250. The van der Waals surface area contributed by atoms with Crippen LogP contribution in [0, 0.1) is 18.7 Å². The minimum Gasteiger partial charge on any atom is -0.379 e. The molecule has 0 aliphatic carbocycles. The van der Waals surface area contributed by atoms with Crippen LogP contribution in [-0.2, 0) is 10.3 Å². The van der Waals surface area contributed by atoms with E-state index in [0.717, 1.165) is 23.4 Å². The third-order valence-electron chi connectivity index (χ3n) is 5.34. The molecule has 6 nitrogen and oxygen atoms in total. The molecule has 3 atom stereocenters. The van der Waals surface area contributed by atoms with Gasteiger partial charge in [-0.15, -0.1) is 0 Å². The third-order valence-corrected chi connectivity index (χ3v) is 6.25. The zero-order valence-corrected chi connectivity index (χ0v) is 17.1. The summed E-state index contributed by atoms with van der Waals surface area (Å²) in [6.45, 7) is 1.35. The van der Waals surface area contributed by atoms with Crippen molar-refractivity contribution in [2.75, 3.05) is 17.7 Å². The number of thioether (sulfide) groups is 1. The van der Waals surface area contributed by atoms with Crippen LogP contribution in [0.5, 0.6) is 0 Å². The van der Waals surface area contributed by atoms with E-state index in [1.54, 1.807) is 6.07 Å². The molecule has 1 aromatic heterocycles. The number of ether oxygens (including phenoxy) is 1. The second-order valence-corrected chi connectivity index (χ2v) is 8.47. The molecule has 0 unspecified atom stereocenters. The molecule has 0 spiro atoms. The highest BCUT2D eigenvalue weighted by atomic mass is 32.2. The van der Waals surface area contributed by atoms with Crippen LogP contribution < -0.4 is 11.1 Å². The number of amides is 1. The summed E-state index contributed by atoms with van der Waals surface area (Å²) in [5, 5.41) is 2.65. The van der Waals surface area contributed by atoms with E-state index in [4.69, 9.17) is 10.5 Å². The van der Waals surface area contributed by atoms with Crippen LogP contribution in [0.3, 0.4) is 0 Å². The van der Waals surface area contributed by atoms with Crippen molar-refractivity contribution in [2.24, 2.45) is 16.6 Å². The lowest BCUT2D eigenvalue weighted by molar-refractivity contribution is -0.215. The Balaban J connectivity index is 1.71. The van der Waals surface area contributed by atoms with Gasteiger partial charge in [0, 0.05) is 29.1 Å². The Labute approximate surface area is 179 Å². The van der Waals surface area contributed by atoms with Crippen molar-refractivity contribution >= 4 is 28.5 Å². The molecule has 4 rings (SSSR count). The number of nitrogens with two attached hydrogens (primary N) is 1. The first-order chi connectivity index (χ1) is 14.6. The number of amidine groups is 1. The molecule has 2 aliphatic heterocycles. The van der Waals surface area contributed by atoms with Gasteiger partial charge >= 0.3 is 6.18 Å². The van der Waals surface area contributed by atoms with Gasteiger partial charge in [-0.25, -0.2) is 9.38 Å². The monoisotopic (exact) mass is 454 g/mol. The van der Waals surface area contributed by atoms with E-state index in [1.165, 1.54) is 24.4 Å². The largest absolute Gasteiger partial charge is 0.415 e. The number of nitrogens with zero attached hydrogens (tertiary/aromatic N) is 2. The second kappa shape index (κ2) is 7.79. The molecule has 2 aromatic rings. The van der Waals surface area contributed by atoms with Gasteiger partial charge in [0.1, 0.15) is 17.1 Å². The smallest absolute Gasteiger partial charge is 0.379 e. The predicted octanol–water partition coefficient (Wildman–Crippen LogP) is 3.62. The molecular formula is C20H18F4N4O2S. The van der Waals surface area contributed by atoms with Crippen LogP contribution >= 0.6 is 11.8 Å². The van der Waals surface area contributed by atoms with Crippen molar-refractivity contribution in [1.82, 2.24) is 4.98 Å². The molecule has 11 heteroatoms. The lowest BCUT2D eigenvalue weighted by Crippen LogP contribution is -2.46. The van der Waals surface area contributed by atoms with Gasteiger partial charge in [-0.05, 0) is 36.8 Å². The first kappa shape index (κ1) is 21.6. The summed E-state index contributed by atoms with van der Waals surface area (Å²) in [5.41, 5.74) is 5.26. The number of aromatic nitrogens is 1. The second-order valence-electron chi connectivity index (χ2n) is 7.43. The maximum atomic E-state index is 14.9. The highest BCUT2D eigenvalue weighted by Gasteiger charge is 2.61. The van der Waals surface area contributed by atoms with Crippen molar-refractivity contribution in [1.29, 1.82) is 0 Å². The summed E-state index contributed by atoms with van der Waals surface area (Å²) >= 11 is 0.974. The van der Waals surface area contributed by atoms with Crippen molar-refractivity contribution in [3.05, 3.63) is 59.2 Å². The van der Waals surface area contributed by atoms with Crippen molar-refractivity contribution in [2.45, 2.75) is 24.7 Å². The average Bonchev–Trinajstić information content (AvgIpc) is 3.09. The van der Waals surface area contributed by atoms with Gasteiger partial charge in [-0.2, -0.15) is 13.2 Å². The Kier molecular flexibility index (Phi) is 5.42. The molecule has 1 amide bonds. The Hall–Kier alpha value is -2.66. The highest BCUT2D eigenvalue weighted by Crippen LogP contribution is 2.52. The molecule has 31 heavy (non-hydrogen) atoms. The van der Waals surface area contributed by atoms with Crippen LogP contribution in [0.4, 0.5) is 23.2 Å². The number of nitrogens with one attached hydrogen (secondary N) is 1. The van der Waals surface area contributed by atoms with Crippen LogP contribution in [0.2, 0.25) is 0 Å². The quantitative estimate of drug-likeness (QED) is 0.692. The van der Waals surface area contributed by atoms with Crippen molar-refractivity contribution in [3.8, 4) is 0 Å². The predicted molar refractivity (Wildman–Crippen MR) is 108 cm³/mol. The standard InChI is InChI=1S/C20H18F4N4O2S/c1-10-2-5-15(26-7-10)17(29)27-11-3-4-14(21)12(6-11)19-9-30-16(20(22,23)24)13(19)8-31-18(25)28-19/h2-7,13,16H,8-9H2,1H3,(H2,25,28)(H,27,29)/t13-,16+,19-/m1/s1. The number of rotatable bonds is 3. The zero-order valence-electron chi connectivity index (χ0n) is 16.2. The molecule has 3 heterocycles. The number of benzene rings is 1. The fourth-order valence-electron chi connectivity index (χ4n) is 3.83. The van der Waals surface area contributed by atoms with Gasteiger partial charge < -0.3 is 15.8 Å². The zero-order chi connectivity index (χ0) is 22.4. The number of hydrogen-bond donors (Lipinski definition) is 2. The van der Waals surface area contributed by atoms with E-state index < -0.39 is 42.1 Å². The summed E-state index contributed by atoms with van der Waals surface area (Å²) in [6.07, 6.45) is -5.20.